The maximum Gasteiger partial charge on any atom is 0.239 e. The summed E-state index contributed by atoms with van der Waals surface area (Å²) in [5, 5.41) is 7.64. The van der Waals surface area contributed by atoms with Crippen LogP contribution in [0.1, 0.15) is 24.9 Å². The zero-order valence-corrected chi connectivity index (χ0v) is 12.1. The van der Waals surface area contributed by atoms with Crippen LogP contribution in [0.3, 0.4) is 0 Å². The van der Waals surface area contributed by atoms with Crippen molar-refractivity contribution in [2.75, 3.05) is 0 Å². The minimum atomic E-state index is -0.594. The monoisotopic (exact) mass is 315 g/mol. The molecule has 0 spiro atoms. The Morgan fingerprint density at radius 2 is 2.00 bits per heavy atom. The average molecular weight is 316 g/mol. The molecule has 4 nitrogen and oxygen atoms in total. The van der Waals surface area contributed by atoms with E-state index >= 15 is 0 Å². The van der Waals surface area contributed by atoms with Crippen LogP contribution < -0.4 is 10.5 Å². The summed E-state index contributed by atoms with van der Waals surface area (Å²) in [6.45, 7) is 1.86. The van der Waals surface area contributed by atoms with Gasteiger partial charge >= 0.3 is 0 Å². The van der Waals surface area contributed by atoms with Crippen LogP contribution in [0.4, 0.5) is 4.39 Å². The number of halogens is 3. The van der Waals surface area contributed by atoms with Crippen molar-refractivity contribution < 1.29 is 9.13 Å². The third-order valence-corrected chi connectivity index (χ3v) is 3.23. The highest BCUT2D eigenvalue weighted by Crippen LogP contribution is 2.35. The molecule has 2 aromatic rings. The second-order valence-electron chi connectivity index (χ2n) is 4.09. The Hall–Kier alpha value is -1.43. The Balaban J connectivity index is 2.37. The molecule has 1 aromatic carbocycles. The van der Waals surface area contributed by atoms with Gasteiger partial charge in [0.2, 0.25) is 5.88 Å². The molecule has 1 heterocycles. The predicted molar refractivity (Wildman–Crippen MR) is 75.7 cm³/mol. The molecule has 7 heteroatoms. The van der Waals surface area contributed by atoms with Gasteiger partial charge in [0.1, 0.15) is 0 Å². The molecule has 0 fully saturated rings. The lowest BCUT2D eigenvalue weighted by atomic mass is 10.0. The topological polar surface area (TPSA) is 61.0 Å². The molecular weight excluding hydrogens is 304 g/mol. The summed E-state index contributed by atoms with van der Waals surface area (Å²) in [4.78, 5) is 0. The Kier molecular flexibility index (Phi) is 4.75. The fourth-order valence-electron chi connectivity index (χ4n) is 1.61. The zero-order chi connectivity index (χ0) is 14.7. The molecule has 0 radical (unpaired) electrons. The van der Waals surface area contributed by atoms with Crippen LogP contribution in [-0.4, -0.2) is 10.2 Å². The molecule has 1 atom stereocenters. The highest BCUT2D eigenvalue weighted by atomic mass is 35.5. The lowest BCUT2D eigenvalue weighted by molar-refractivity contribution is 0.416. The van der Waals surface area contributed by atoms with Crippen LogP contribution >= 0.6 is 23.2 Å². The summed E-state index contributed by atoms with van der Waals surface area (Å²) in [5.41, 5.74) is 6.18. The summed E-state index contributed by atoms with van der Waals surface area (Å²) < 4.78 is 19.7. The number of ether oxygens (including phenoxy) is 1. The Morgan fingerprint density at radius 1 is 1.25 bits per heavy atom. The van der Waals surface area contributed by atoms with Crippen molar-refractivity contribution in [3.63, 3.8) is 0 Å². The van der Waals surface area contributed by atoms with Crippen molar-refractivity contribution in [3.8, 4) is 11.6 Å². The highest BCUT2D eigenvalue weighted by Gasteiger charge is 2.18. The second kappa shape index (κ2) is 6.35. The fraction of sp³-hybridized carbons (Fsp3) is 0.231. The Bertz CT molecular complexity index is 607. The molecule has 20 heavy (non-hydrogen) atoms. The van der Waals surface area contributed by atoms with Crippen molar-refractivity contribution in [1.29, 1.82) is 0 Å². The van der Waals surface area contributed by atoms with E-state index in [1.54, 1.807) is 6.07 Å². The van der Waals surface area contributed by atoms with Crippen LogP contribution in [0.2, 0.25) is 10.2 Å². The Labute approximate surface area is 125 Å². The molecule has 0 aliphatic rings. The first kappa shape index (κ1) is 15.0. The Morgan fingerprint density at radius 3 is 2.60 bits per heavy atom. The largest absolute Gasteiger partial charge is 0.433 e. The van der Waals surface area contributed by atoms with E-state index < -0.39 is 11.9 Å². The van der Waals surface area contributed by atoms with E-state index in [9.17, 15) is 4.39 Å². The normalized spacial score (nSPS) is 12.2. The van der Waals surface area contributed by atoms with Gasteiger partial charge in [0.15, 0.2) is 16.7 Å². The molecule has 0 aliphatic heterocycles. The van der Waals surface area contributed by atoms with E-state index in [4.69, 9.17) is 33.7 Å². The predicted octanol–water partition coefficient (Wildman–Crippen LogP) is 4.12. The second-order valence-corrected chi connectivity index (χ2v) is 4.89. The molecular formula is C13H12Cl2FN3O. The minimum absolute atomic E-state index is 0.0948. The van der Waals surface area contributed by atoms with E-state index in [-0.39, 0.29) is 21.8 Å². The molecule has 0 aliphatic carbocycles. The van der Waals surface area contributed by atoms with Crippen LogP contribution in [0.25, 0.3) is 0 Å². The van der Waals surface area contributed by atoms with Crippen LogP contribution in [0.15, 0.2) is 24.3 Å². The third kappa shape index (κ3) is 3.17. The van der Waals surface area contributed by atoms with E-state index in [0.29, 0.717) is 12.0 Å². The molecule has 0 saturated heterocycles. The van der Waals surface area contributed by atoms with Gasteiger partial charge in [-0.25, -0.2) is 4.39 Å². The van der Waals surface area contributed by atoms with E-state index in [0.717, 1.165) is 0 Å². The molecule has 0 bridgehead atoms. The maximum atomic E-state index is 14.4. The number of hydrogen-bond donors (Lipinski definition) is 1. The molecule has 0 saturated carbocycles. The number of rotatable bonds is 4. The number of nitrogens with two attached hydrogens (primary N) is 1. The lowest BCUT2D eigenvalue weighted by Gasteiger charge is -2.14. The highest BCUT2D eigenvalue weighted by molar-refractivity contribution is 6.32. The molecule has 2 N–H and O–H groups in total. The molecule has 1 aromatic heterocycles. The summed E-state index contributed by atoms with van der Waals surface area (Å²) in [6, 6.07) is 5.61. The van der Waals surface area contributed by atoms with Gasteiger partial charge in [0.25, 0.3) is 0 Å². The van der Waals surface area contributed by atoms with Crippen molar-refractivity contribution >= 4 is 23.2 Å². The van der Waals surface area contributed by atoms with Crippen LogP contribution in [-0.2, 0) is 0 Å². The van der Waals surface area contributed by atoms with Gasteiger partial charge in [-0.1, -0.05) is 36.2 Å². The van der Waals surface area contributed by atoms with Gasteiger partial charge < -0.3 is 10.5 Å². The summed E-state index contributed by atoms with van der Waals surface area (Å²) in [7, 11) is 0. The molecule has 2 rings (SSSR count). The average Bonchev–Trinajstić information content (AvgIpc) is 2.45. The fourth-order valence-corrected chi connectivity index (χ4v) is 1.90. The molecule has 0 unspecified atom stereocenters. The number of benzene rings is 1. The van der Waals surface area contributed by atoms with Gasteiger partial charge in [-0.3, -0.25) is 0 Å². The van der Waals surface area contributed by atoms with Gasteiger partial charge in [-0.05, 0) is 18.6 Å². The SMILES string of the molecule is CC[C@@H](N)c1ccc(Cl)c(Oc2ccc(Cl)nn2)c1F. The first-order chi connectivity index (χ1) is 9.52. The first-order valence-corrected chi connectivity index (χ1v) is 6.69. The first-order valence-electron chi connectivity index (χ1n) is 5.93. The minimum Gasteiger partial charge on any atom is -0.433 e. The van der Waals surface area contributed by atoms with Gasteiger partial charge in [-0.2, -0.15) is 0 Å². The van der Waals surface area contributed by atoms with Crippen molar-refractivity contribution in [1.82, 2.24) is 10.2 Å². The molecule has 106 valence electrons. The summed E-state index contributed by atoms with van der Waals surface area (Å²) >= 11 is 11.6. The number of hydrogen-bond acceptors (Lipinski definition) is 4. The van der Waals surface area contributed by atoms with Gasteiger partial charge in [0, 0.05) is 17.7 Å². The van der Waals surface area contributed by atoms with Gasteiger partial charge in [-0.15, -0.1) is 10.2 Å². The standard InChI is InChI=1S/C13H12Cl2FN3O/c1-2-9(17)7-3-4-8(14)13(12(7)16)20-11-6-5-10(15)18-19-11/h3-6,9H,2,17H2,1H3/t9-/m1/s1. The van der Waals surface area contributed by atoms with Crippen LogP contribution in [0, 0.1) is 5.82 Å². The number of nitrogens with zero attached hydrogens (tertiary/aromatic N) is 2. The smallest absolute Gasteiger partial charge is 0.239 e. The quantitative estimate of drug-likeness (QED) is 0.921. The van der Waals surface area contributed by atoms with Crippen LogP contribution in [0.5, 0.6) is 11.6 Å². The van der Waals surface area contributed by atoms with E-state index in [1.807, 2.05) is 6.92 Å². The van der Waals surface area contributed by atoms with Crippen molar-refractivity contribution in [2.45, 2.75) is 19.4 Å². The van der Waals surface area contributed by atoms with Gasteiger partial charge in [0.05, 0.1) is 5.02 Å². The third-order valence-electron chi connectivity index (χ3n) is 2.73. The van der Waals surface area contributed by atoms with Crippen molar-refractivity contribution in [2.24, 2.45) is 5.73 Å². The zero-order valence-electron chi connectivity index (χ0n) is 10.6. The van der Waals surface area contributed by atoms with E-state index in [1.165, 1.54) is 18.2 Å². The lowest BCUT2D eigenvalue weighted by Crippen LogP contribution is -2.11. The van der Waals surface area contributed by atoms with Crippen molar-refractivity contribution in [3.05, 3.63) is 45.8 Å². The maximum absolute atomic E-state index is 14.4. The van der Waals surface area contributed by atoms with E-state index in [2.05, 4.69) is 10.2 Å². The summed E-state index contributed by atoms with van der Waals surface area (Å²) in [6.07, 6.45) is 0.596. The summed E-state index contributed by atoms with van der Waals surface area (Å²) in [5.74, 6) is -0.620. The number of aromatic nitrogens is 2. The molecule has 0 amide bonds.